The van der Waals surface area contributed by atoms with E-state index in [0.29, 0.717) is 0 Å². The number of non-ortho nitro benzene ring substituents is 1. The van der Waals surface area contributed by atoms with E-state index in [9.17, 15) is 10.1 Å². The highest BCUT2D eigenvalue weighted by atomic mass is 16.6. The number of aromatic amines is 1. The zero-order valence-electron chi connectivity index (χ0n) is 10.0. The van der Waals surface area contributed by atoms with E-state index in [1.165, 1.54) is 12.1 Å². The lowest BCUT2D eigenvalue weighted by atomic mass is 10.0. The molecule has 3 rings (SSSR count). The zero-order chi connectivity index (χ0) is 13.2. The van der Waals surface area contributed by atoms with Gasteiger partial charge in [0.2, 0.25) is 0 Å². The van der Waals surface area contributed by atoms with Gasteiger partial charge in [-0.15, -0.1) is 0 Å². The largest absolute Gasteiger partial charge is 0.269 e. The molecule has 0 unspecified atom stereocenters. The third-order valence-electron chi connectivity index (χ3n) is 3.10. The Kier molecular flexibility index (Phi) is 2.68. The number of fused-ring (bicyclic) bond motifs is 1. The summed E-state index contributed by atoms with van der Waals surface area (Å²) in [6.45, 7) is 0. The fourth-order valence-corrected chi connectivity index (χ4v) is 2.08. The molecule has 2 aromatic carbocycles. The average Bonchev–Trinajstić information content (AvgIpc) is 2.47. The van der Waals surface area contributed by atoms with Gasteiger partial charge in [-0.25, -0.2) is 4.98 Å². The minimum Gasteiger partial charge on any atom is -0.258 e. The molecule has 0 radical (unpaired) electrons. The SMILES string of the molecule is O=[N+]([O-])c1ccc(-c2ccc3c[nH+]ccc3c2)cc1. The van der Waals surface area contributed by atoms with Crippen LogP contribution in [-0.2, 0) is 0 Å². The van der Waals surface area contributed by atoms with E-state index in [0.717, 1.165) is 21.9 Å². The minimum absolute atomic E-state index is 0.110. The number of rotatable bonds is 2. The number of H-pyrrole nitrogens is 1. The van der Waals surface area contributed by atoms with Gasteiger partial charge < -0.3 is 0 Å². The van der Waals surface area contributed by atoms with Gasteiger partial charge >= 0.3 is 0 Å². The molecule has 4 nitrogen and oxygen atoms in total. The molecule has 1 aromatic heterocycles. The molecule has 19 heavy (non-hydrogen) atoms. The summed E-state index contributed by atoms with van der Waals surface area (Å²) >= 11 is 0. The first-order valence-electron chi connectivity index (χ1n) is 5.89. The van der Waals surface area contributed by atoms with Gasteiger partial charge in [0.1, 0.15) is 0 Å². The fraction of sp³-hybridized carbons (Fsp3) is 0. The van der Waals surface area contributed by atoms with Crippen LogP contribution in [0.5, 0.6) is 0 Å². The van der Waals surface area contributed by atoms with E-state index in [2.05, 4.69) is 11.1 Å². The highest BCUT2D eigenvalue weighted by Gasteiger charge is 2.06. The molecular weight excluding hydrogens is 240 g/mol. The summed E-state index contributed by atoms with van der Waals surface area (Å²) in [6, 6.07) is 14.7. The molecule has 0 saturated carbocycles. The van der Waals surface area contributed by atoms with Crippen molar-refractivity contribution < 1.29 is 9.91 Å². The van der Waals surface area contributed by atoms with Crippen LogP contribution in [0.1, 0.15) is 0 Å². The van der Waals surface area contributed by atoms with Gasteiger partial charge in [-0.2, -0.15) is 0 Å². The summed E-state index contributed by atoms with van der Waals surface area (Å²) in [4.78, 5) is 13.3. The molecule has 1 N–H and O–H groups in total. The van der Waals surface area contributed by atoms with Crippen LogP contribution in [-0.4, -0.2) is 4.92 Å². The Balaban J connectivity index is 2.06. The molecule has 0 saturated heterocycles. The Morgan fingerprint density at radius 3 is 2.37 bits per heavy atom. The topological polar surface area (TPSA) is 57.3 Å². The van der Waals surface area contributed by atoms with Crippen LogP contribution in [0.2, 0.25) is 0 Å². The van der Waals surface area contributed by atoms with Crippen LogP contribution in [0.25, 0.3) is 21.9 Å². The number of benzene rings is 2. The molecule has 92 valence electrons. The highest BCUT2D eigenvalue weighted by molar-refractivity contribution is 5.86. The predicted molar refractivity (Wildman–Crippen MR) is 72.6 cm³/mol. The molecule has 0 aliphatic carbocycles. The van der Waals surface area contributed by atoms with Crippen molar-refractivity contribution in [2.45, 2.75) is 0 Å². The van der Waals surface area contributed by atoms with Crippen molar-refractivity contribution in [3.63, 3.8) is 0 Å². The Bertz CT molecular complexity index is 751. The number of nitro groups is 1. The standard InChI is InChI=1S/C15H10N2O2/c18-17(19)15-5-3-11(4-6-15)12-1-2-14-10-16-8-7-13(14)9-12/h1-10H/p+1. The van der Waals surface area contributed by atoms with E-state index >= 15 is 0 Å². The summed E-state index contributed by atoms with van der Waals surface area (Å²) in [5.41, 5.74) is 2.13. The Morgan fingerprint density at radius 1 is 0.895 bits per heavy atom. The van der Waals surface area contributed by atoms with Gasteiger partial charge in [-0.1, -0.05) is 6.07 Å². The monoisotopic (exact) mass is 251 g/mol. The maximum absolute atomic E-state index is 10.6. The summed E-state index contributed by atoms with van der Waals surface area (Å²) in [5, 5.41) is 12.9. The first kappa shape index (κ1) is 11.3. The number of nitro benzene ring substituents is 1. The van der Waals surface area contributed by atoms with Crippen LogP contribution in [0.4, 0.5) is 5.69 Å². The van der Waals surface area contributed by atoms with Crippen LogP contribution >= 0.6 is 0 Å². The van der Waals surface area contributed by atoms with Crippen molar-refractivity contribution in [1.82, 2.24) is 0 Å². The summed E-state index contributed by atoms with van der Waals surface area (Å²) in [7, 11) is 0. The van der Waals surface area contributed by atoms with E-state index in [4.69, 9.17) is 0 Å². The lowest BCUT2D eigenvalue weighted by Crippen LogP contribution is -1.97. The number of hydrogen-bond acceptors (Lipinski definition) is 2. The van der Waals surface area contributed by atoms with Crippen molar-refractivity contribution >= 4 is 16.5 Å². The smallest absolute Gasteiger partial charge is 0.258 e. The van der Waals surface area contributed by atoms with Crippen molar-refractivity contribution in [3.8, 4) is 11.1 Å². The molecular formula is C15H11N2O2+. The van der Waals surface area contributed by atoms with Crippen molar-refractivity contribution in [3.05, 3.63) is 71.0 Å². The first-order chi connectivity index (χ1) is 9.24. The van der Waals surface area contributed by atoms with Crippen LogP contribution in [0, 0.1) is 10.1 Å². The Labute approximate surface area is 109 Å². The average molecular weight is 251 g/mol. The summed E-state index contributed by atoms with van der Waals surface area (Å²) < 4.78 is 0. The van der Waals surface area contributed by atoms with Crippen LogP contribution in [0.15, 0.2) is 60.9 Å². The lowest BCUT2D eigenvalue weighted by Gasteiger charge is -2.02. The maximum Gasteiger partial charge on any atom is 0.269 e. The molecule has 0 bridgehead atoms. The molecule has 0 spiro atoms. The first-order valence-corrected chi connectivity index (χ1v) is 5.89. The van der Waals surface area contributed by atoms with E-state index < -0.39 is 0 Å². The third-order valence-corrected chi connectivity index (χ3v) is 3.10. The highest BCUT2D eigenvalue weighted by Crippen LogP contribution is 2.25. The normalized spacial score (nSPS) is 10.5. The van der Waals surface area contributed by atoms with Crippen LogP contribution in [0.3, 0.4) is 0 Å². The molecule has 0 amide bonds. The lowest BCUT2D eigenvalue weighted by molar-refractivity contribution is -0.384. The fourth-order valence-electron chi connectivity index (χ4n) is 2.08. The Hall–Kier alpha value is -2.75. The number of aromatic nitrogens is 1. The second kappa shape index (κ2) is 4.49. The Morgan fingerprint density at radius 2 is 1.63 bits per heavy atom. The molecule has 0 aliphatic heterocycles. The van der Waals surface area contributed by atoms with Gasteiger partial charge in [0.15, 0.2) is 12.4 Å². The molecule has 1 heterocycles. The number of nitrogens with zero attached hydrogens (tertiary/aromatic N) is 1. The van der Waals surface area contributed by atoms with Crippen molar-refractivity contribution in [2.24, 2.45) is 0 Å². The molecule has 0 fully saturated rings. The van der Waals surface area contributed by atoms with Crippen molar-refractivity contribution in [1.29, 1.82) is 0 Å². The van der Waals surface area contributed by atoms with Crippen LogP contribution < -0.4 is 4.98 Å². The predicted octanol–water partition coefficient (Wildman–Crippen LogP) is 3.23. The third kappa shape index (κ3) is 2.15. The second-order valence-electron chi connectivity index (χ2n) is 4.29. The summed E-state index contributed by atoms with van der Waals surface area (Å²) in [6.07, 6.45) is 3.82. The zero-order valence-corrected chi connectivity index (χ0v) is 10.0. The number of pyridine rings is 1. The van der Waals surface area contributed by atoms with Gasteiger partial charge in [0.25, 0.3) is 5.69 Å². The molecule has 0 aliphatic rings. The number of hydrogen-bond donors (Lipinski definition) is 0. The molecule has 4 heteroatoms. The summed E-state index contributed by atoms with van der Waals surface area (Å²) in [5.74, 6) is 0. The minimum atomic E-state index is -0.389. The van der Waals surface area contributed by atoms with Gasteiger partial charge in [0, 0.05) is 23.6 Å². The van der Waals surface area contributed by atoms with Crippen molar-refractivity contribution in [2.75, 3.05) is 0 Å². The van der Waals surface area contributed by atoms with E-state index in [1.807, 2.05) is 30.6 Å². The molecule has 3 aromatic rings. The van der Waals surface area contributed by atoms with E-state index in [1.54, 1.807) is 12.1 Å². The maximum atomic E-state index is 10.6. The quantitative estimate of drug-likeness (QED) is 0.518. The molecule has 0 atom stereocenters. The van der Waals surface area contributed by atoms with E-state index in [-0.39, 0.29) is 10.6 Å². The van der Waals surface area contributed by atoms with Gasteiger partial charge in [-0.05, 0) is 40.8 Å². The van der Waals surface area contributed by atoms with Gasteiger partial charge in [0.05, 0.1) is 4.92 Å². The van der Waals surface area contributed by atoms with Gasteiger partial charge in [-0.3, -0.25) is 10.1 Å². The number of nitrogens with one attached hydrogen (secondary N) is 1. The second-order valence-corrected chi connectivity index (χ2v) is 4.29.